The number of hydrazine groups is 1. The lowest BCUT2D eigenvalue weighted by atomic mass is 10.1. The molecule has 0 aromatic rings. The van der Waals surface area contributed by atoms with Gasteiger partial charge in [-0.2, -0.15) is 0 Å². The van der Waals surface area contributed by atoms with Crippen LogP contribution in [0.25, 0.3) is 0 Å². The molecule has 3 aliphatic heterocycles. The number of nitrogens with zero attached hydrogens (tertiary/aromatic N) is 2. The molecule has 1 fully saturated rings. The minimum absolute atomic E-state index is 0.186. The fourth-order valence-corrected chi connectivity index (χ4v) is 3.29. The Kier molecular flexibility index (Phi) is 5.26. The van der Waals surface area contributed by atoms with Crippen molar-refractivity contribution in [1.82, 2.24) is 20.7 Å². The first-order valence-corrected chi connectivity index (χ1v) is 8.81. The van der Waals surface area contributed by atoms with E-state index in [1.54, 1.807) is 0 Å². The van der Waals surface area contributed by atoms with Crippen LogP contribution in [-0.2, 0) is 0 Å². The number of hydrogen-bond acceptors (Lipinski definition) is 4. The van der Waals surface area contributed by atoms with Gasteiger partial charge in [-0.25, -0.2) is 5.01 Å². The first-order valence-electron chi connectivity index (χ1n) is 8.81. The number of nitrogens with one attached hydrogen (secondary N) is 2. The molecule has 1 unspecified atom stereocenters. The summed E-state index contributed by atoms with van der Waals surface area (Å²) in [5.74, 6) is 0. The van der Waals surface area contributed by atoms with Crippen molar-refractivity contribution in [3.05, 3.63) is 71.9 Å². The topological polar surface area (TPSA) is 30.5 Å². The average Bonchev–Trinajstić information content (AvgIpc) is 2.98. The van der Waals surface area contributed by atoms with Gasteiger partial charge in [0.1, 0.15) is 6.17 Å². The molecule has 0 saturated carbocycles. The van der Waals surface area contributed by atoms with Crippen molar-refractivity contribution in [1.29, 1.82) is 0 Å². The molecule has 0 aromatic heterocycles. The Morgan fingerprint density at radius 2 is 2.08 bits per heavy atom. The zero-order valence-corrected chi connectivity index (χ0v) is 14.8. The number of allylic oxidation sites excluding steroid dienone is 5. The molecular weight excluding hydrogens is 296 g/mol. The van der Waals surface area contributed by atoms with E-state index in [0.717, 1.165) is 18.8 Å². The zero-order valence-electron chi connectivity index (χ0n) is 14.8. The minimum Gasteiger partial charge on any atom is -0.366 e. The highest BCUT2D eigenvalue weighted by Crippen LogP contribution is 2.28. The van der Waals surface area contributed by atoms with Crippen molar-refractivity contribution < 1.29 is 0 Å². The van der Waals surface area contributed by atoms with Crippen LogP contribution in [0.2, 0.25) is 0 Å². The quantitative estimate of drug-likeness (QED) is 0.757. The highest BCUT2D eigenvalue weighted by Gasteiger charge is 2.26. The fourth-order valence-electron chi connectivity index (χ4n) is 3.29. The van der Waals surface area contributed by atoms with Gasteiger partial charge in [-0.15, -0.1) is 0 Å². The first kappa shape index (κ1) is 16.7. The standard InChI is InChI=1S/C20H28N4/c1-4-8-17(13-16(2)3)19-14-21-20-10-9-18(15-24(19)20)22-23-11-6-5-7-12-23/h4,8-10,13-15,20-22H,1,5-7,11-12H2,2-3H3/b17-8+. The molecule has 1 saturated heterocycles. The largest absolute Gasteiger partial charge is 0.366 e. The molecule has 0 aromatic carbocycles. The number of rotatable bonds is 5. The third-order valence-corrected chi connectivity index (χ3v) is 4.39. The van der Waals surface area contributed by atoms with Crippen LogP contribution in [-0.4, -0.2) is 29.2 Å². The van der Waals surface area contributed by atoms with E-state index < -0.39 is 0 Å². The van der Waals surface area contributed by atoms with Crippen LogP contribution in [0.3, 0.4) is 0 Å². The number of piperidine rings is 1. The van der Waals surface area contributed by atoms with Gasteiger partial charge in [-0.1, -0.05) is 36.8 Å². The van der Waals surface area contributed by atoms with E-state index in [-0.39, 0.29) is 6.17 Å². The van der Waals surface area contributed by atoms with Gasteiger partial charge in [-0.3, -0.25) is 0 Å². The summed E-state index contributed by atoms with van der Waals surface area (Å²) in [4.78, 5) is 2.28. The lowest BCUT2D eigenvalue weighted by Crippen LogP contribution is -2.43. The average molecular weight is 324 g/mol. The Morgan fingerprint density at radius 1 is 1.29 bits per heavy atom. The van der Waals surface area contributed by atoms with Crippen LogP contribution in [0.1, 0.15) is 33.1 Å². The summed E-state index contributed by atoms with van der Waals surface area (Å²) >= 11 is 0. The molecule has 0 spiro atoms. The molecule has 4 nitrogen and oxygen atoms in total. The molecule has 3 rings (SSSR count). The van der Waals surface area contributed by atoms with Gasteiger partial charge in [0, 0.05) is 25.5 Å². The normalized spacial score (nSPS) is 23.8. The summed E-state index contributed by atoms with van der Waals surface area (Å²) in [5.41, 5.74) is 8.31. The lowest BCUT2D eigenvalue weighted by molar-refractivity contribution is 0.175. The van der Waals surface area contributed by atoms with Gasteiger partial charge < -0.3 is 15.6 Å². The number of hydrogen-bond donors (Lipinski definition) is 2. The molecule has 2 N–H and O–H groups in total. The molecule has 0 amide bonds. The summed E-state index contributed by atoms with van der Waals surface area (Å²) < 4.78 is 0. The monoisotopic (exact) mass is 324 g/mol. The molecule has 0 bridgehead atoms. The highest BCUT2D eigenvalue weighted by molar-refractivity contribution is 5.46. The lowest BCUT2D eigenvalue weighted by Gasteiger charge is -2.32. The predicted molar refractivity (Wildman–Crippen MR) is 100 cm³/mol. The molecule has 0 radical (unpaired) electrons. The fraction of sp³-hybridized carbons (Fsp3) is 0.400. The van der Waals surface area contributed by atoms with Crippen LogP contribution in [0, 0.1) is 0 Å². The van der Waals surface area contributed by atoms with Gasteiger partial charge in [0.2, 0.25) is 0 Å². The van der Waals surface area contributed by atoms with Crippen molar-refractivity contribution in [3.63, 3.8) is 0 Å². The predicted octanol–water partition coefficient (Wildman–Crippen LogP) is 3.54. The summed E-state index contributed by atoms with van der Waals surface area (Å²) in [5, 5.41) is 5.75. The maximum atomic E-state index is 3.86. The van der Waals surface area contributed by atoms with Gasteiger partial charge in [0.15, 0.2) is 0 Å². The van der Waals surface area contributed by atoms with Crippen LogP contribution in [0.15, 0.2) is 71.9 Å². The first-order chi connectivity index (χ1) is 11.7. The zero-order chi connectivity index (χ0) is 16.9. The van der Waals surface area contributed by atoms with Crippen LogP contribution < -0.4 is 10.7 Å². The smallest absolute Gasteiger partial charge is 0.123 e. The second kappa shape index (κ2) is 7.58. The van der Waals surface area contributed by atoms with E-state index >= 15 is 0 Å². The van der Waals surface area contributed by atoms with E-state index in [1.807, 2.05) is 6.08 Å². The van der Waals surface area contributed by atoms with Crippen molar-refractivity contribution in [3.8, 4) is 0 Å². The van der Waals surface area contributed by atoms with Crippen LogP contribution in [0.4, 0.5) is 0 Å². The van der Waals surface area contributed by atoms with Crippen LogP contribution in [0.5, 0.6) is 0 Å². The molecule has 3 aliphatic rings. The molecule has 24 heavy (non-hydrogen) atoms. The van der Waals surface area contributed by atoms with E-state index in [2.05, 4.69) is 77.8 Å². The molecule has 128 valence electrons. The maximum Gasteiger partial charge on any atom is 0.123 e. The van der Waals surface area contributed by atoms with Crippen molar-refractivity contribution in [2.45, 2.75) is 39.3 Å². The van der Waals surface area contributed by atoms with E-state index in [9.17, 15) is 0 Å². The SMILES string of the molecule is C=C/C=C(\C=C(C)C)C1=CNC2C=CC(NN3CCCCC3)=CN12. The highest BCUT2D eigenvalue weighted by atomic mass is 15.5. The molecule has 1 atom stereocenters. The second-order valence-electron chi connectivity index (χ2n) is 6.73. The Morgan fingerprint density at radius 3 is 2.79 bits per heavy atom. The Labute approximate surface area is 145 Å². The molecular formula is C20H28N4. The van der Waals surface area contributed by atoms with Crippen molar-refractivity contribution >= 4 is 0 Å². The third-order valence-electron chi connectivity index (χ3n) is 4.39. The third kappa shape index (κ3) is 3.82. The van der Waals surface area contributed by atoms with Crippen molar-refractivity contribution in [2.24, 2.45) is 0 Å². The van der Waals surface area contributed by atoms with E-state index in [0.29, 0.717) is 0 Å². The summed E-state index contributed by atoms with van der Waals surface area (Å²) in [7, 11) is 0. The van der Waals surface area contributed by atoms with Gasteiger partial charge in [0.05, 0.1) is 11.4 Å². The van der Waals surface area contributed by atoms with Gasteiger partial charge >= 0.3 is 0 Å². The van der Waals surface area contributed by atoms with E-state index in [1.165, 1.54) is 36.1 Å². The molecule has 3 heterocycles. The summed E-state index contributed by atoms with van der Waals surface area (Å²) in [6.07, 6.45) is 18.8. The Hall–Kier alpha value is -2.20. The summed E-state index contributed by atoms with van der Waals surface area (Å²) in [6.45, 7) is 10.3. The summed E-state index contributed by atoms with van der Waals surface area (Å²) in [6, 6.07) is 0. The van der Waals surface area contributed by atoms with Gasteiger partial charge in [0.25, 0.3) is 0 Å². The molecule has 4 heteroatoms. The second-order valence-corrected chi connectivity index (χ2v) is 6.73. The minimum atomic E-state index is 0.186. The maximum absolute atomic E-state index is 3.86. The number of fused-ring (bicyclic) bond motifs is 1. The Balaban J connectivity index is 1.77. The van der Waals surface area contributed by atoms with Crippen molar-refractivity contribution in [2.75, 3.05) is 13.1 Å². The Bertz CT molecular complexity index is 626. The van der Waals surface area contributed by atoms with Gasteiger partial charge in [-0.05, 0) is 44.4 Å². The van der Waals surface area contributed by atoms with E-state index in [4.69, 9.17) is 0 Å². The van der Waals surface area contributed by atoms with Crippen LogP contribution >= 0.6 is 0 Å². The molecule has 0 aliphatic carbocycles.